The molecular weight excluding hydrogens is 380 g/mol. The fourth-order valence-corrected chi connectivity index (χ4v) is 3.48. The molecule has 1 fully saturated rings. The van der Waals surface area contributed by atoms with Gasteiger partial charge in [0.15, 0.2) is 0 Å². The van der Waals surface area contributed by atoms with E-state index in [0.717, 1.165) is 24.8 Å². The van der Waals surface area contributed by atoms with Crippen molar-refractivity contribution < 1.29 is 19.1 Å². The van der Waals surface area contributed by atoms with Crippen molar-refractivity contribution in [2.75, 3.05) is 0 Å². The van der Waals surface area contributed by atoms with E-state index in [1.54, 1.807) is 0 Å². The molecule has 6 nitrogen and oxygen atoms in total. The average molecular weight is 417 g/mol. The Hall–Kier alpha value is -2.50. The number of nitrogens with one attached hydrogen (secondary N) is 2. The number of ether oxygens (including phenoxy) is 2. The topological polar surface area (TPSA) is 76.7 Å². The standard InChI is InChI=1S/C24H36N2O4/c1-17(2)11-12-19-15-20(25-23(28)30-24(3,4)5)13-14-21(19)26-22(27)29-16-18-9-7-6-8-10-18/h6-12,17,19-21H,13-16H2,1-5H3,(H,25,28)(H,26,27)/b12-11+. The maximum Gasteiger partial charge on any atom is 0.407 e. The van der Waals surface area contributed by atoms with Gasteiger partial charge in [-0.25, -0.2) is 9.59 Å². The van der Waals surface area contributed by atoms with Crippen LogP contribution in [0.5, 0.6) is 0 Å². The van der Waals surface area contributed by atoms with E-state index in [4.69, 9.17) is 9.47 Å². The molecule has 2 rings (SSSR count). The third-order valence-electron chi connectivity index (χ3n) is 4.88. The first-order valence-electron chi connectivity index (χ1n) is 10.8. The average Bonchev–Trinajstić information content (AvgIpc) is 2.65. The van der Waals surface area contributed by atoms with Crippen LogP contribution in [-0.4, -0.2) is 29.9 Å². The van der Waals surface area contributed by atoms with Gasteiger partial charge in [0, 0.05) is 12.1 Å². The van der Waals surface area contributed by atoms with Crippen molar-refractivity contribution in [2.24, 2.45) is 11.8 Å². The van der Waals surface area contributed by atoms with Crippen LogP contribution in [0, 0.1) is 11.8 Å². The highest BCUT2D eigenvalue weighted by Gasteiger charge is 2.32. The highest BCUT2D eigenvalue weighted by atomic mass is 16.6. The zero-order valence-electron chi connectivity index (χ0n) is 18.8. The summed E-state index contributed by atoms with van der Waals surface area (Å²) in [6, 6.07) is 9.60. The van der Waals surface area contributed by atoms with Gasteiger partial charge in [0.1, 0.15) is 12.2 Å². The number of rotatable bonds is 6. The lowest BCUT2D eigenvalue weighted by atomic mass is 9.81. The molecule has 0 spiro atoms. The van der Waals surface area contributed by atoms with E-state index in [1.165, 1.54) is 0 Å². The molecule has 1 aliphatic rings. The molecule has 2 N–H and O–H groups in total. The normalized spacial score (nSPS) is 22.0. The lowest BCUT2D eigenvalue weighted by Crippen LogP contribution is -2.49. The van der Waals surface area contributed by atoms with Crippen molar-refractivity contribution in [1.29, 1.82) is 0 Å². The van der Waals surface area contributed by atoms with Crippen molar-refractivity contribution in [3.05, 3.63) is 48.0 Å². The minimum Gasteiger partial charge on any atom is -0.445 e. The van der Waals surface area contributed by atoms with Crippen LogP contribution in [0.3, 0.4) is 0 Å². The van der Waals surface area contributed by atoms with E-state index in [1.807, 2.05) is 51.1 Å². The minimum atomic E-state index is -0.525. The number of hydrogen-bond donors (Lipinski definition) is 2. The number of carbonyl (C=O) groups is 2. The molecule has 30 heavy (non-hydrogen) atoms. The van der Waals surface area contributed by atoms with E-state index < -0.39 is 17.8 Å². The van der Waals surface area contributed by atoms with Crippen LogP contribution in [0.1, 0.15) is 59.4 Å². The van der Waals surface area contributed by atoms with Crippen LogP contribution in [0.15, 0.2) is 42.5 Å². The number of hydrogen-bond acceptors (Lipinski definition) is 4. The second-order valence-electron chi connectivity index (χ2n) is 9.26. The Kier molecular flexibility index (Phi) is 8.75. The van der Waals surface area contributed by atoms with Crippen LogP contribution < -0.4 is 10.6 Å². The van der Waals surface area contributed by atoms with Gasteiger partial charge >= 0.3 is 12.2 Å². The zero-order chi connectivity index (χ0) is 22.1. The van der Waals surface area contributed by atoms with Crippen molar-refractivity contribution in [1.82, 2.24) is 10.6 Å². The molecule has 3 atom stereocenters. The molecule has 0 heterocycles. The van der Waals surface area contributed by atoms with Gasteiger partial charge < -0.3 is 20.1 Å². The van der Waals surface area contributed by atoms with E-state index >= 15 is 0 Å². The first-order chi connectivity index (χ1) is 14.1. The summed E-state index contributed by atoms with van der Waals surface area (Å²) in [5, 5.41) is 5.99. The number of alkyl carbamates (subject to hydrolysis) is 2. The molecule has 0 bridgehead atoms. The van der Waals surface area contributed by atoms with Crippen molar-refractivity contribution in [3.63, 3.8) is 0 Å². The molecular formula is C24H36N2O4. The highest BCUT2D eigenvalue weighted by molar-refractivity contribution is 5.68. The minimum absolute atomic E-state index is 0.0139. The van der Waals surface area contributed by atoms with Crippen molar-refractivity contribution >= 4 is 12.2 Å². The van der Waals surface area contributed by atoms with E-state index in [0.29, 0.717) is 5.92 Å². The molecule has 166 valence electrons. The maximum absolute atomic E-state index is 12.3. The molecule has 1 saturated carbocycles. The summed E-state index contributed by atoms with van der Waals surface area (Å²) in [7, 11) is 0. The Labute approximate surface area is 180 Å². The Morgan fingerprint density at radius 2 is 1.80 bits per heavy atom. The first-order valence-corrected chi connectivity index (χ1v) is 10.8. The third kappa shape index (κ3) is 8.89. The van der Waals surface area contributed by atoms with Gasteiger partial charge in [-0.1, -0.05) is 56.3 Å². The van der Waals surface area contributed by atoms with Crippen LogP contribution in [0.25, 0.3) is 0 Å². The summed E-state index contributed by atoms with van der Waals surface area (Å²) in [5.74, 6) is 0.528. The molecule has 2 amide bonds. The monoisotopic (exact) mass is 416 g/mol. The summed E-state index contributed by atoms with van der Waals surface area (Å²) in [6.45, 7) is 10.0. The van der Waals surface area contributed by atoms with Crippen LogP contribution >= 0.6 is 0 Å². The van der Waals surface area contributed by atoms with Gasteiger partial charge in [0.25, 0.3) is 0 Å². The Bertz CT molecular complexity index is 710. The zero-order valence-corrected chi connectivity index (χ0v) is 18.8. The largest absolute Gasteiger partial charge is 0.445 e. The van der Waals surface area contributed by atoms with Crippen LogP contribution in [0.4, 0.5) is 9.59 Å². The predicted octanol–water partition coefficient (Wildman–Crippen LogP) is 5.19. The highest BCUT2D eigenvalue weighted by Crippen LogP contribution is 2.27. The predicted molar refractivity (Wildman–Crippen MR) is 118 cm³/mol. The van der Waals surface area contributed by atoms with Gasteiger partial charge in [0.2, 0.25) is 0 Å². The summed E-state index contributed by atoms with van der Waals surface area (Å²) < 4.78 is 10.8. The first kappa shape index (κ1) is 23.8. The second kappa shape index (κ2) is 11.0. The summed E-state index contributed by atoms with van der Waals surface area (Å²) in [4.78, 5) is 24.5. The summed E-state index contributed by atoms with van der Waals surface area (Å²) >= 11 is 0. The van der Waals surface area contributed by atoms with Gasteiger partial charge in [0.05, 0.1) is 0 Å². The van der Waals surface area contributed by atoms with Gasteiger partial charge in [-0.2, -0.15) is 0 Å². The summed E-state index contributed by atoms with van der Waals surface area (Å²) in [6.07, 6.45) is 5.76. The Balaban J connectivity index is 1.92. The van der Waals surface area contributed by atoms with Gasteiger partial charge in [-0.15, -0.1) is 0 Å². The van der Waals surface area contributed by atoms with Crippen LogP contribution in [0.2, 0.25) is 0 Å². The number of benzene rings is 1. The molecule has 0 saturated heterocycles. The molecule has 0 aliphatic heterocycles. The van der Waals surface area contributed by atoms with Crippen molar-refractivity contribution in [3.8, 4) is 0 Å². The summed E-state index contributed by atoms with van der Waals surface area (Å²) in [5.41, 5.74) is 0.427. The third-order valence-corrected chi connectivity index (χ3v) is 4.88. The molecule has 0 aromatic heterocycles. The molecule has 1 aliphatic carbocycles. The lowest BCUT2D eigenvalue weighted by Gasteiger charge is -2.35. The van der Waals surface area contributed by atoms with Gasteiger partial charge in [-0.3, -0.25) is 0 Å². The van der Waals surface area contributed by atoms with Crippen molar-refractivity contribution in [2.45, 2.75) is 78.2 Å². The fraction of sp³-hybridized carbons (Fsp3) is 0.583. The van der Waals surface area contributed by atoms with E-state index in [2.05, 4.69) is 36.6 Å². The smallest absolute Gasteiger partial charge is 0.407 e. The SMILES string of the molecule is CC(C)/C=C/C1CC(NC(=O)OC(C)(C)C)CCC1NC(=O)OCc1ccccc1. The fourth-order valence-electron chi connectivity index (χ4n) is 3.48. The van der Waals surface area contributed by atoms with E-state index in [-0.39, 0.29) is 24.6 Å². The number of amides is 2. The van der Waals surface area contributed by atoms with Crippen LogP contribution in [-0.2, 0) is 16.1 Å². The molecule has 0 radical (unpaired) electrons. The molecule has 1 aromatic carbocycles. The Morgan fingerprint density at radius 3 is 2.43 bits per heavy atom. The van der Waals surface area contributed by atoms with Gasteiger partial charge in [-0.05, 0) is 57.4 Å². The molecule has 6 heteroatoms. The van der Waals surface area contributed by atoms with E-state index in [9.17, 15) is 9.59 Å². The lowest BCUT2D eigenvalue weighted by molar-refractivity contribution is 0.0480. The number of carbonyl (C=O) groups excluding carboxylic acids is 2. The number of allylic oxidation sites excluding steroid dienone is 1. The molecule has 1 aromatic rings. The second-order valence-corrected chi connectivity index (χ2v) is 9.26. The Morgan fingerprint density at radius 1 is 1.10 bits per heavy atom. The quantitative estimate of drug-likeness (QED) is 0.626. The molecule has 3 unspecified atom stereocenters. The maximum atomic E-state index is 12.3.